The third-order valence-electron chi connectivity index (χ3n) is 2.32. The van der Waals surface area contributed by atoms with Gasteiger partial charge in [0.05, 0.1) is 15.7 Å². The molecule has 0 unspecified atom stereocenters. The third kappa shape index (κ3) is 3.00. The van der Waals surface area contributed by atoms with Crippen LogP contribution in [0.3, 0.4) is 0 Å². The Balaban J connectivity index is 2.21. The molecule has 0 spiro atoms. The highest BCUT2D eigenvalue weighted by Gasteiger charge is 2.08. The molecule has 0 saturated carbocycles. The molecule has 0 amide bonds. The standard InChI is InChI=1S/C12H12Cl2N2O/c1-2-15-7-9-6-12(17-16-9)8-3-4-10(13)11(14)5-8/h3-6,15H,2,7H2,1H3. The molecule has 0 aliphatic heterocycles. The van der Waals surface area contributed by atoms with Crippen LogP contribution in [0.25, 0.3) is 11.3 Å². The van der Waals surface area contributed by atoms with Gasteiger partial charge in [0, 0.05) is 18.2 Å². The van der Waals surface area contributed by atoms with Crippen molar-refractivity contribution in [3.63, 3.8) is 0 Å². The summed E-state index contributed by atoms with van der Waals surface area (Å²) in [5, 5.41) is 8.19. The molecule has 17 heavy (non-hydrogen) atoms. The predicted octanol–water partition coefficient (Wildman–Crippen LogP) is 3.76. The average Bonchev–Trinajstić information content (AvgIpc) is 2.79. The summed E-state index contributed by atoms with van der Waals surface area (Å²) in [6.45, 7) is 3.64. The van der Waals surface area contributed by atoms with Gasteiger partial charge in [-0.1, -0.05) is 35.3 Å². The number of nitrogens with one attached hydrogen (secondary N) is 1. The Morgan fingerprint density at radius 1 is 1.24 bits per heavy atom. The Kier molecular flexibility index (Phi) is 4.05. The Hall–Kier alpha value is -1.03. The lowest BCUT2D eigenvalue weighted by atomic mass is 10.1. The molecule has 1 aromatic heterocycles. The van der Waals surface area contributed by atoms with Gasteiger partial charge in [0.2, 0.25) is 0 Å². The van der Waals surface area contributed by atoms with E-state index < -0.39 is 0 Å². The number of aromatic nitrogens is 1. The fourth-order valence-corrected chi connectivity index (χ4v) is 1.73. The maximum absolute atomic E-state index is 5.95. The van der Waals surface area contributed by atoms with Gasteiger partial charge in [0.25, 0.3) is 0 Å². The Bertz CT molecular complexity index is 511. The molecule has 2 aromatic rings. The summed E-state index contributed by atoms with van der Waals surface area (Å²) in [6.07, 6.45) is 0. The van der Waals surface area contributed by atoms with Gasteiger partial charge in [0.1, 0.15) is 0 Å². The molecule has 0 radical (unpaired) electrons. The molecule has 0 bridgehead atoms. The van der Waals surface area contributed by atoms with Crippen molar-refractivity contribution in [2.45, 2.75) is 13.5 Å². The Labute approximate surface area is 110 Å². The molecule has 0 aliphatic carbocycles. The van der Waals surface area contributed by atoms with Crippen molar-refractivity contribution in [3.8, 4) is 11.3 Å². The first kappa shape index (κ1) is 12.4. The van der Waals surface area contributed by atoms with Crippen LogP contribution in [0.15, 0.2) is 28.8 Å². The van der Waals surface area contributed by atoms with Crippen molar-refractivity contribution in [3.05, 3.63) is 40.0 Å². The first-order valence-electron chi connectivity index (χ1n) is 5.32. The number of rotatable bonds is 4. The summed E-state index contributed by atoms with van der Waals surface area (Å²) in [7, 11) is 0. The van der Waals surface area contributed by atoms with Crippen LogP contribution in [0.4, 0.5) is 0 Å². The molecule has 3 nitrogen and oxygen atoms in total. The minimum absolute atomic E-state index is 0.508. The van der Waals surface area contributed by atoms with Gasteiger partial charge in [-0.25, -0.2) is 0 Å². The quantitative estimate of drug-likeness (QED) is 0.920. The second kappa shape index (κ2) is 5.54. The van der Waals surface area contributed by atoms with Gasteiger partial charge >= 0.3 is 0 Å². The number of halogens is 2. The van der Waals surface area contributed by atoms with E-state index in [0.717, 1.165) is 17.8 Å². The summed E-state index contributed by atoms with van der Waals surface area (Å²) in [6, 6.07) is 7.25. The number of hydrogen-bond donors (Lipinski definition) is 1. The molecule has 1 heterocycles. The van der Waals surface area contributed by atoms with Crippen LogP contribution in [0.2, 0.25) is 10.0 Å². The summed E-state index contributed by atoms with van der Waals surface area (Å²) in [5.74, 6) is 0.691. The number of benzene rings is 1. The maximum Gasteiger partial charge on any atom is 0.167 e. The van der Waals surface area contributed by atoms with E-state index in [1.165, 1.54) is 0 Å². The molecular weight excluding hydrogens is 259 g/mol. The lowest BCUT2D eigenvalue weighted by Crippen LogP contribution is -2.11. The van der Waals surface area contributed by atoms with Crippen LogP contribution in [-0.2, 0) is 6.54 Å². The lowest BCUT2D eigenvalue weighted by Gasteiger charge is -1.98. The average molecular weight is 271 g/mol. The Morgan fingerprint density at radius 3 is 2.76 bits per heavy atom. The van der Waals surface area contributed by atoms with Gasteiger partial charge in [-0.15, -0.1) is 0 Å². The van der Waals surface area contributed by atoms with Crippen LogP contribution in [0.5, 0.6) is 0 Å². The summed E-state index contributed by atoms with van der Waals surface area (Å²) in [5.41, 5.74) is 1.74. The van der Waals surface area contributed by atoms with Crippen LogP contribution >= 0.6 is 23.2 Å². The topological polar surface area (TPSA) is 38.1 Å². The van der Waals surface area contributed by atoms with Gasteiger partial charge in [-0.3, -0.25) is 0 Å². The van der Waals surface area contributed by atoms with Crippen LogP contribution in [0, 0.1) is 0 Å². The molecular formula is C12H12Cl2N2O. The van der Waals surface area contributed by atoms with Crippen molar-refractivity contribution in [2.24, 2.45) is 0 Å². The zero-order chi connectivity index (χ0) is 12.3. The van der Waals surface area contributed by atoms with E-state index in [-0.39, 0.29) is 0 Å². The highest BCUT2D eigenvalue weighted by Crippen LogP contribution is 2.28. The molecule has 0 aliphatic rings. The zero-order valence-corrected chi connectivity index (χ0v) is 10.8. The van der Waals surface area contributed by atoms with Crippen LogP contribution in [0.1, 0.15) is 12.6 Å². The maximum atomic E-state index is 5.95. The molecule has 5 heteroatoms. The fourth-order valence-electron chi connectivity index (χ4n) is 1.43. The van der Waals surface area contributed by atoms with Crippen molar-refractivity contribution < 1.29 is 4.52 Å². The zero-order valence-electron chi connectivity index (χ0n) is 9.34. The van der Waals surface area contributed by atoms with Crippen molar-refractivity contribution in [1.29, 1.82) is 0 Å². The monoisotopic (exact) mass is 270 g/mol. The largest absolute Gasteiger partial charge is 0.356 e. The van der Waals surface area contributed by atoms with Crippen LogP contribution in [-0.4, -0.2) is 11.7 Å². The van der Waals surface area contributed by atoms with Crippen LogP contribution < -0.4 is 5.32 Å². The Morgan fingerprint density at radius 2 is 2.06 bits per heavy atom. The third-order valence-corrected chi connectivity index (χ3v) is 3.06. The summed E-state index contributed by atoms with van der Waals surface area (Å²) >= 11 is 11.8. The van der Waals surface area contributed by atoms with Crippen molar-refractivity contribution >= 4 is 23.2 Å². The fraction of sp³-hybridized carbons (Fsp3) is 0.250. The smallest absolute Gasteiger partial charge is 0.167 e. The van der Waals surface area contributed by atoms with Gasteiger partial charge < -0.3 is 9.84 Å². The second-order valence-corrected chi connectivity index (χ2v) is 4.41. The van der Waals surface area contributed by atoms with Gasteiger partial charge in [-0.2, -0.15) is 0 Å². The minimum Gasteiger partial charge on any atom is -0.356 e. The molecule has 0 atom stereocenters. The van der Waals surface area contributed by atoms with E-state index >= 15 is 0 Å². The van der Waals surface area contributed by atoms with E-state index in [2.05, 4.69) is 10.5 Å². The minimum atomic E-state index is 0.508. The first-order valence-corrected chi connectivity index (χ1v) is 6.08. The lowest BCUT2D eigenvalue weighted by molar-refractivity contribution is 0.420. The number of nitrogens with zero attached hydrogens (tertiary/aromatic N) is 1. The van der Waals surface area contributed by atoms with E-state index in [9.17, 15) is 0 Å². The van der Waals surface area contributed by atoms with E-state index in [4.69, 9.17) is 27.7 Å². The predicted molar refractivity (Wildman–Crippen MR) is 69.3 cm³/mol. The highest BCUT2D eigenvalue weighted by atomic mass is 35.5. The molecule has 0 saturated heterocycles. The molecule has 1 N–H and O–H groups in total. The van der Waals surface area contributed by atoms with Crippen molar-refractivity contribution in [2.75, 3.05) is 6.54 Å². The summed E-state index contributed by atoms with van der Waals surface area (Å²) in [4.78, 5) is 0. The van der Waals surface area contributed by atoms with Gasteiger partial charge in [-0.05, 0) is 24.7 Å². The first-order chi connectivity index (χ1) is 8.20. The molecule has 90 valence electrons. The normalized spacial score (nSPS) is 10.8. The van der Waals surface area contributed by atoms with Crippen molar-refractivity contribution in [1.82, 2.24) is 10.5 Å². The SMILES string of the molecule is CCNCc1cc(-c2ccc(Cl)c(Cl)c2)on1. The summed E-state index contributed by atoms with van der Waals surface area (Å²) < 4.78 is 5.25. The molecule has 0 fully saturated rings. The second-order valence-electron chi connectivity index (χ2n) is 3.59. The van der Waals surface area contributed by atoms with E-state index in [0.29, 0.717) is 22.4 Å². The van der Waals surface area contributed by atoms with Gasteiger partial charge in [0.15, 0.2) is 5.76 Å². The number of hydrogen-bond acceptors (Lipinski definition) is 3. The molecule has 1 aromatic carbocycles. The highest BCUT2D eigenvalue weighted by molar-refractivity contribution is 6.42. The van der Waals surface area contributed by atoms with E-state index in [1.807, 2.05) is 19.1 Å². The molecule has 2 rings (SSSR count). The van der Waals surface area contributed by atoms with E-state index in [1.54, 1.807) is 12.1 Å².